The van der Waals surface area contributed by atoms with Crippen molar-refractivity contribution in [3.63, 3.8) is 0 Å². The molecule has 1 aromatic carbocycles. The van der Waals surface area contributed by atoms with Crippen LogP contribution in [0, 0.1) is 6.92 Å². The highest BCUT2D eigenvalue weighted by Gasteiger charge is 2.24. The normalized spacial score (nSPS) is 18.9. The Morgan fingerprint density at radius 1 is 1.12 bits per heavy atom. The lowest BCUT2D eigenvalue weighted by Crippen LogP contribution is -2.54. The van der Waals surface area contributed by atoms with Gasteiger partial charge in [-0.25, -0.2) is 4.98 Å². The van der Waals surface area contributed by atoms with Gasteiger partial charge in [0.1, 0.15) is 11.0 Å². The second-order valence-electron chi connectivity index (χ2n) is 8.44. The van der Waals surface area contributed by atoms with Gasteiger partial charge in [0.2, 0.25) is 0 Å². The predicted octanol–water partition coefficient (Wildman–Crippen LogP) is 2.73. The molecule has 1 fully saturated rings. The van der Waals surface area contributed by atoms with Crippen molar-refractivity contribution in [1.29, 1.82) is 0 Å². The summed E-state index contributed by atoms with van der Waals surface area (Å²) in [5, 5.41) is 16.7. The first kappa shape index (κ1) is 20.2. The highest BCUT2D eigenvalue weighted by atomic mass is 16.3. The number of rotatable bonds is 3. The smallest absolute Gasteiger partial charge is 0.257 e. The number of aryl methyl sites for hydroxylation is 1. The summed E-state index contributed by atoms with van der Waals surface area (Å²) < 4.78 is 1.69. The van der Waals surface area contributed by atoms with E-state index in [-0.39, 0.29) is 11.7 Å². The highest BCUT2D eigenvalue weighted by Crippen LogP contribution is 2.29. The van der Waals surface area contributed by atoms with E-state index < -0.39 is 0 Å². The van der Waals surface area contributed by atoms with E-state index in [0.29, 0.717) is 40.0 Å². The fraction of sp³-hybridized carbons (Fsp3) is 0.304. The van der Waals surface area contributed by atoms with Crippen LogP contribution in [0.15, 0.2) is 43.0 Å². The number of aromatic nitrogens is 4. The van der Waals surface area contributed by atoms with Gasteiger partial charge in [0.05, 0.1) is 22.6 Å². The van der Waals surface area contributed by atoms with E-state index in [1.807, 2.05) is 13.0 Å². The summed E-state index contributed by atoms with van der Waals surface area (Å²) in [4.78, 5) is 28.8. The SMILES string of the molecule is Cc1cn2cc(NC(=O)c3ccc(N4C[C@H](C)N[C@@H](C)C4)c4nccnc34)cc(O)c2n1. The maximum absolute atomic E-state index is 13.2. The number of piperazine rings is 1. The van der Waals surface area contributed by atoms with Crippen molar-refractivity contribution in [3.8, 4) is 5.75 Å². The van der Waals surface area contributed by atoms with E-state index in [4.69, 9.17) is 0 Å². The molecule has 1 aliphatic rings. The number of anilines is 2. The summed E-state index contributed by atoms with van der Waals surface area (Å²) in [7, 11) is 0. The van der Waals surface area contributed by atoms with Gasteiger partial charge in [-0.1, -0.05) is 0 Å². The van der Waals surface area contributed by atoms with Crippen molar-refractivity contribution in [2.24, 2.45) is 0 Å². The second kappa shape index (κ2) is 7.76. The van der Waals surface area contributed by atoms with Gasteiger partial charge >= 0.3 is 0 Å². The number of imidazole rings is 1. The molecule has 4 aromatic rings. The summed E-state index contributed by atoms with van der Waals surface area (Å²) in [5.74, 6) is -0.322. The van der Waals surface area contributed by atoms with Crippen molar-refractivity contribution in [3.05, 3.63) is 54.2 Å². The topological polar surface area (TPSA) is 108 Å². The van der Waals surface area contributed by atoms with Crippen LogP contribution in [0.5, 0.6) is 5.75 Å². The molecule has 9 heteroatoms. The van der Waals surface area contributed by atoms with Gasteiger partial charge in [-0.05, 0) is 32.9 Å². The number of nitrogens with one attached hydrogen (secondary N) is 2. The van der Waals surface area contributed by atoms with E-state index in [9.17, 15) is 9.90 Å². The van der Waals surface area contributed by atoms with E-state index in [1.54, 1.807) is 35.3 Å². The first-order chi connectivity index (χ1) is 15.4. The van der Waals surface area contributed by atoms with E-state index in [1.165, 1.54) is 6.07 Å². The maximum atomic E-state index is 13.2. The lowest BCUT2D eigenvalue weighted by molar-refractivity contribution is 0.102. The van der Waals surface area contributed by atoms with E-state index in [0.717, 1.165) is 24.5 Å². The molecular weight excluding hydrogens is 406 g/mol. The number of benzene rings is 1. The number of amides is 1. The summed E-state index contributed by atoms with van der Waals surface area (Å²) in [5.41, 5.74) is 4.32. The van der Waals surface area contributed by atoms with Crippen molar-refractivity contribution in [2.75, 3.05) is 23.3 Å². The molecule has 1 saturated heterocycles. The molecule has 5 rings (SSSR count). The molecular formula is C23H25N7O2. The van der Waals surface area contributed by atoms with Crippen LogP contribution in [-0.2, 0) is 0 Å². The molecule has 0 saturated carbocycles. The number of carbonyl (C=O) groups is 1. The van der Waals surface area contributed by atoms with Gasteiger partial charge in [0.15, 0.2) is 11.4 Å². The molecule has 9 nitrogen and oxygen atoms in total. The zero-order valence-corrected chi connectivity index (χ0v) is 18.2. The quantitative estimate of drug-likeness (QED) is 0.458. The van der Waals surface area contributed by atoms with Gasteiger partial charge in [-0.2, -0.15) is 0 Å². The van der Waals surface area contributed by atoms with Crippen LogP contribution in [0.2, 0.25) is 0 Å². The summed E-state index contributed by atoms with van der Waals surface area (Å²) in [6.07, 6.45) is 6.75. The van der Waals surface area contributed by atoms with Gasteiger partial charge < -0.3 is 25.0 Å². The van der Waals surface area contributed by atoms with E-state index in [2.05, 4.69) is 44.3 Å². The Morgan fingerprint density at radius 2 is 1.84 bits per heavy atom. The van der Waals surface area contributed by atoms with Crippen LogP contribution < -0.4 is 15.5 Å². The van der Waals surface area contributed by atoms with Crippen LogP contribution in [0.4, 0.5) is 11.4 Å². The van der Waals surface area contributed by atoms with Crippen molar-refractivity contribution >= 4 is 34.0 Å². The third kappa shape index (κ3) is 3.60. The Morgan fingerprint density at radius 3 is 2.59 bits per heavy atom. The Hall–Kier alpha value is -3.72. The first-order valence-corrected chi connectivity index (χ1v) is 10.6. The van der Waals surface area contributed by atoms with E-state index >= 15 is 0 Å². The average molecular weight is 432 g/mol. The molecule has 2 atom stereocenters. The molecule has 0 unspecified atom stereocenters. The van der Waals surface area contributed by atoms with Gasteiger partial charge in [-0.15, -0.1) is 0 Å². The lowest BCUT2D eigenvalue weighted by atomic mass is 10.1. The van der Waals surface area contributed by atoms with Crippen LogP contribution in [0.3, 0.4) is 0 Å². The van der Waals surface area contributed by atoms with Gasteiger partial charge in [0, 0.05) is 56.0 Å². The summed E-state index contributed by atoms with van der Waals surface area (Å²) >= 11 is 0. The van der Waals surface area contributed by atoms with Crippen LogP contribution >= 0.6 is 0 Å². The number of hydrogen-bond acceptors (Lipinski definition) is 7. The fourth-order valence-corrected chi connectivity index (χ4v) is 4.47. The maximum Gasteiger partial charge on any atom is 0.257 e. The Labute approximate surface area is 185 Å². The number of aromatic hydroxyl groups is 1. The fourth-order valence-electron chi connectivity index (χ4n) is 4.47. The summed E-state index contributed by atoms with van der Waals surface area (Å²) in [6, 6.07) is 5.92. The third-order valence-electron chi connectivity index (χ3n) is 5.66. The Bertz CT molecular complexity index is 1320. The third-order valence-corrected chi connectivity index (χ3v) is 5.66. The molecule has 1 aliphatic heterocycles. The molecule has 4 heterocycles. The molecule has 0 radical (unpaired) electrons. The number of nitrogens with zero attached hydrogens (tertiary/aromatic N) is 5. The standard InChI is InChI=1S/C23H25N7O2/c1-13-9-29(10-14(2)26-13)18-5-4-17(20-21(18)25-7-6-24-20)23(32)28-16-8-19(31)22-27-15(3)11-30(22)12-16/h4-8,11-14,26,31H,9-10H2,1-3H3,(H,28,32)/t13-,14-/m0/s1. The van der Waals surface area contributed by atoms with Crippen molar-refractivity contribution in [1.82, 2.24) is 24.7 Å². The largest absolute Gasteiger partial charge is 0.504 e. The second-order valence-corrected chi connectivity index (χ2v) is 8.44. The minimum atomic E-state index is -0.320. The van der Waals surface area contributed by atoms with Gasteiger partial charge in [0.25, 0.3) is 5.91 Å². The van der Waals surface area contributed by atoms with Crippen molar-refractivity contribution in [2.45, 2.75) is 32.9 Å². The minimum absolute atomic E-state index is 0.00200. The molecule has 32 heavy (non-hydrogen) atoms. The van der Waals surface area contributed by atoms with Crippen molar-refractivity contribution < 1.29 is 9.90 Å². The molecule has 0 spiro atoms. The lowest BCUT2D eigenvalue weighted by Gasteiger charge is -2.38. The molecule has 3 N–H and O–H groups in total. The molecule has 0 aliphatic carbocycles. The molecule has 3 aromatic heterocycles. The number of carbonyl (C=O) groups excluding carboxylic acids is 1. The number of fused-ring (bicyclic) bond motifs is 2. The van der Waals surface area contributed by atoms with Crippen LogP contribution in [0.25, 0.3) is 16.7 Å². The predicted molar refractivity (Wildman–Crippen MR) is 123 cm³/mol. The highest BCUT2D eigenvalue weighted by molar-refractivity contribution is 6.13. The number of hydrogen-bond donors (Lipinski definition) is 3. The zero-order chi connectivity index (χ0) is 22.4. The van der Waals surface area contributed by atoms with Gasteiger partial charge in [-0.3, -0.25) is 14.8 Å². The minimum Gasteiger partial charge on any atom is -0.504 e. The molecule has 0 bridgehead atoms. The first-order valence-electron chi connectivity index (χ1n) is 10.6. The monoisotopic (exact) mass is 431 g/mol. The molecule has 164 valence electrons. The van der Waals surface area contributed by atoms with Crippen LogP contribution in [0.1, 0.15) is 29.9 Å². The zero-order valence-electron chi connectivity index (χ0n) is 18.2. The average Bonchev–Trinajstić information content (AvgIpc) is 3.13. The molecule has 1 amide bonds. The van der Waals surface area contributed by atoms with Crippen LogP contribution in [-0.4, -0.2) is 55.5 Å². The summed E-state index contributed by atoms with van der Waals surface area (Å²) in [6.45, 7) is 7.87. The Balaban J connectivity index is 1.50. The Kier molecular flexibility index (Phi) is 4.90. The number of pyridine rings is 1.